The van der Waals surface area contributed by atoms with Crippen molar-refractivity contribution in [3.63, 3.8) is 0 Å². The molecule has 1 amide bonds. The van der Waals surface area contributed by atoms with Crippen molar-refractivity contribution in [2.24, 2.45) is 5.92 Å². The number of hydrogen-bond donors (Lipinski definition) is 0. The van der Waals surface area contributed by atoms with Crippen LogP contribution in [0.2, 0.25) is 0 Å². The summed E-state index contributed by atoms with van der Waals surface area (Å²) >= 11 is 0. The SMILES string of the molecule is CC(C1CC1)N(Cc1ccccc1)C(=O)CN1c2cccc3cccc(c23)S1(=O)=O. The van der Waals surface area contributed by atoms with E-state index in [1.165, 1.54) is 4.31 Å². The number of amides is 1. The Hall–Kier alpha value is -2.86. The number of carbonyl (C=O) groups is 1. The van der Waals surface area contributed by atoms with Crippen LogP contribution in [-0.4, -0.2) is 31.8 Å². The molecule has 1 aliphatic carbocycles. The van der Waals surface area contributed by atoms with Crippen LogP contribution in [0.25, 0.3) is 10.8 Å². The van der Waals surface area contributed by atoms with E-state index >= 15 is 0 Å². The molecule has 0 radical (unpaired) electrons. The Kier molecular flexibility index (Phi) is 4.54. The summed E-state index contributed by atoms with van der Waals surface area (Å²) in [6.07, 6.45) is 2.24. The summed E-state index contributed by atoms with van der Waals surface area (Å²) in [6.45, 7) is 2.38. The molecule has 0 bridgehead atoms. The molecule has 1 aliphatic heterocycles. The van der Waals surface area contributed by atoms with Crippen molar-refractivity contribution in [2.45, 2.75) is 37.2 Å². The predicted octanol–water partition coefficient (Wildman–Crippen LogP) is 4.18. The van der Waals surface area contributed by atoms with E-state index in [4.69, 9.17) is 0 Å². The molecule has 1 unspecified atom stereocenters. The molecule has 30 heavy (non-hydrogen) atoms. The quantitative estimate of drug-likeness (QED) is 0.601. The number of sulfonamides is 1. The fraction of sp³-hybridized carbons (Fsp3) is 0.292. The van der Waals surface area contributed by atoms with Crippen molar-refractivity contribution < 1.29 is 13.2 Å². The summed E-state index contributed by atoms with van der Waals surface area (Å²) in [4.78, 5) is 15.6. The van der Waals surface area contributed by atoms with Crippen molar-refractivity contribution >= 4 is 32.4 Å². The van der Waals surface area contributed by atoms with Crippen molar-refractivity contribution in [3.05, 3.63) is 72.3 Å². The Balaban J connectivity index is 1.48. The molecule has 2 aliphatic rings. The zero-order chi connectivity index (χ0) is 20.9. The maximum absolute atomic E-state index is 13.5. The Morgan fingerprint density at radius 1 is 1.03 bits per heavy atom. The monoisotopic (exact) mass is 420 g/mol. The summed E-state index contributed by atoms with van der Waals surface area (Å²) < 4.78 is 27.8. The fourth-order valence-electron chi connectivity index (χ4n) is 4.41. The molecule has 0 saturated heterocycles. The van der Waals surface area contributed by atoms with Crippen molar-refractivity contribution in [3.8, 4) is 0 Å². The van der Waals surface area contributed by atoms with E-state index in [2.05, 4.69) is 6.92 Å². The molecule has 1 saturated carbocycles. The van der Waals surface area contributed by atoms with Gasteiger partial charge in [0.2, 0.25) is 5.91 Å². The zero-order valence-electron chi connectivity index (χ0n) is 16.9. The van der Waals surface area contributed by atoms with Crippen molar-refractivity contribution in [2.75, 3.05) is 10.8 Å². The summed E-state index contributed by atoms with van der Waals surface area (Å²) in [6, 6.07) is 20.8. The minimum atomic E-state index is -3.74. The van der Waals surface area contributed by atoms with E-state index in [9.17, 15) is 13.2 Å². The van der Waals surface area contributed by atoms with Crippen LogP contribution in [0.15, 0.2) is 71.6 Å². The third-order valence-corrected chi connectivity index (χ3v) is 8.07. The molecular weight excluding hydrogens is 396 g/mol. The van der Waals surface area contributed by atoms with Gasteiger partial charge in [0.05, 0.1) is 10.6 Å². The lowest BCUT2D eigenvalue weighted by Gasteiger charge is -2.31. The first kappa shape index (κ1) is 19.1. The van der Waals surface area contributed by atoms with Crippen LogP contribution < -0.4 is 4.31 Å². The standard InChI is InChI=1S/C24H24N2O3S/c1-17(19-13-14-19)25(15-18-7-3-2-4-8-18)23(27)16-26-21-11-5-9-20-10-6-12-22(24(20)21)30(26,28)29/h2-12,17,19H,13-16H2,1H3. The molecular formula is C24H24N2O3S. The largest absolute Gasteiger partial charge is 0.334 e. The Bertz CT molecular complexity index is 1210. The number of carbonyl (C=O) groups excluding carboxylic acids is 1. The Morgan fingerprint density at radius 2 is 1.73 bits per heavy atom. The zero-order valence-corrected chi connectivity index (χ0v) is 17.7. The van der Waals surface area contributed by atoms with E-state index in [1.807, 2.05) is 53.4 Å². The van der Waals surface area contributed by atoms with Gasteiger partial charge in [-0.2, -0.15) is 0 Å². The lowest BCUT2D eigenvalue weighted by Crippen LogP contribution is -2.46. The first-order chi connectivity index (χ1) is 14.5. The molecule has 1 heterocycles. The van der Waals surface area contributed by atoms with Gasteiger partial charge in [0, 0.05) is 18.0 Å². The van der Waals surface area contributed by atoms with Crippen LogP contribution in [0.3, 0.4) is 0 Å². The van der Waals surface area contributed by atoms with Gasteiger partial charge < -0.3 is 4.90 Å². The highest BCUT2D eigenvalue weighted by Gasteiger charge is 2.39. The number of anilines is 1. The van der Waals surface area contributed by atoms with Gasteiger partial charge in [-0.15, -0.1) is 0 Å². The second kappa shape index (κ2) is 7.13. The number of benzene rings is 3. The predicted molar refractivity (Wildman–Crippen MR) is 118 cm³/mol. The molecule has 5 nitrogen and oxygen atoms in total. The minimum absolute atomic E-state index is 0.0844. The molecule has 1 fully saturated rings. The Morgan fingerprint density at radius 3 is 2.43 bits per heavy atom. The van der Waals surface area contributed by atoms with Crippen LogP contribution in [-0.2, 0) is 21.4 Å². The normalized spacial score (nSPS) is 17.8. The average molecular weight is 421 g/mol. The van der Waals surface area contributed by atoms with E-state index < -0.39 is 10.0 Å². The smallest absolute Gasteiger partial charge is 0.265 e. The van der Waals surface area contributed by atoms with Crippen LogP contribution in [0.1, 0.15) is 25.3 Å². The molecule has 6 heteroatoms. The molecule has 0 spiro atoms. The van der Waals surface area contributed by atoms with E-state index in [-0.39, 0.29) is 23.4 Å². The van der Waals surface area contributed by atoms with Crippen molar-refractivity contribution in [1.82, 2.24) is 4.90 Å². The van der Waals surface area contributed by atoms with E-state index in [0.29, 0.717) is 23.5 Å². The van der Waals surface area contributed by atoms with Crippen molar-refractivity contribution in [1.29, 1.82) is 0 Å². The van der Waals surface area contributed by atoms with Crippen LogP contribution in [0, 0.1) is 5.92 Å². The number of hydrogen-bond acceptors (Lipinski definition) is 3. The molecule has 1 atom stereocenters. The summed E-state index contributed by atoms with van der Waals surface area (Å²) in [5.41, 5.74) is 1.64. The Labute approximate surface area is 177 Å². The molecule has 154 valence electrons. The lowest BCUT2D eigenvalue weighted by molar-refractivity contribution is -0.132. The molecule has 5 rings (SSSR count). The third kappa shape index (κ3) is 3.16. The maximum Gasteiger partial charge on any atom is 0.265 e. The van der Waals surface area contributed by atoms with Gasteiger partial charge in [-0.1, -0.05) is 54.6 Å². The van der Waals surface area contributed by atoms with Gasteiger partial charge in [-0.25, -0.2) is 8.42 Å². The summed E-state index contributed by atoms with van der Waals surface area (Å²) in [5, 5.41) is 1.58. The minimum Gasteiger partial charge on any atom is -0.334 e. The summed E-state index contributed by atoms with van der Waals surface area (Å²) in [7, 11) is -3.74. The second-order valence-corrected chi connectivity index (χ2v) is 10.1. The van der Waals surface area contributed by atoms with E-state index in [0.717, 1.165) is 23.8 Å². The molecule has 3 aromatic carbocycles. The molecule has 0 aromatic heterocycles. The van der Waals surface area contributed by atoms with Gasteiger partial charge in [-0.05, 0) is 48.8 Å². The first-order valence-electron chi connectivity index (χ1n) is 10.3. The van der Waals surface area contributed by atoms with Gasteiger partial charge in [0.15, 0.2) is 0 Å². The number of rotatable bonds is 6. The average Bonchev–Trinajstić information content (AvgIpc) is 3.57. The van der Waals surface area contributed by atoms with Gasteiger partial charge in [0.25, 0.3) is 10.0 Å². The molecule has 0 N–H and O–H groups in total. The van der Waals surface area contributed by atoms with Crippen LogP contribution >= 0.6 is 0 Å². The van der Waals surface area contributed by atoms with Crippen LogP contribution in [0.4, 0.5) is 5.69 Å². The highest BCUT2D eigenvalue weighted by atomic mass is 32.2. The fourth-order valence-corrected chi connectivity index (χ4v) is 6.07. The highest BCUT2D eigenvalue weighted by Crippen LogP contribution is 2.42. The molecule has 3 aromatic rings. The van der Waals surface area contributed by atoms with Gasteiger partial charge in [0.1, 0.15) is 6.54 Å². The maximum atomic E-state index is 13.5. The second-order valence-electron chi connectivity index (χ2n) is 8.23. The van der Waals surface area contributed by atoms with E-state index in [1.54, 1.807) is 18.2 Å². The lowest BCUT2D eigenvalue weighted by atomic mass is 10.1. The number of nitrogens with zero attached hydrogens (tertiary/aromatic N) is 2. The van der Waals surface area contributed by atoms with Gasteiger partial charge >= 0.3 is 0 Å². The highest BCUT2D eigenvalue weighted by molar-refractivity contribution is 7.93. The van der Waals surface area contributed by atoms with Crippen LogP contribution in [0.5, 0.6) is 0 Å². The third-order valence-electron chi connectivity index (χ3n) is 6.27. The first-order valence-corrected chi connectivity index (χ1v) is 11.8. The topological polar surface area (TPSA) is 57.7 Å². The van der Waals surface area contributed by atoms with Gasteiger partial charge in [-0.3, -0.25) is 9.10 Å². The summed E-state index contributed by atoms with van der Waals surface area (Å²) in [5.74, 6) is 0.333.